The van der Waals surface area contributed by atoms with Crippen LogP contribution in [0.1, 0.15) is 101 Å². The number of hydrogen-bond donors (Lipinski definition) is 4. The SMILES string of the molecule is CCCCCCCOc1ccc(-c2cnc(-c3ccc(C[C@H](NC(=O)c4ccc(C(C)(C)C)cc4)C(=O)NC(CCCC(=O)O)C(=O)O)cc3)nc2)cc1. The number of aliphatic carboxylic acids is 2. The van der Waals surface area contributed by atoms with Crippen molar-refractivity contribution in [2.45, 2.75) is 103 Å². The molecule has 0 fully saturated rings. The number of hydrogen-bond acceptors (Lipinski definition) is 7. The summed E-state index contributed by atoms with van der Waals surface area (Å²) in [6.45, 7) is 9.11. The number of nitrogens with zero attached hydrogens (tertiary/aromatic N) is 2. The van der Waals surface area contributed by atoms with Crippen LogP contribution in [0.25, 0.3) is 22.5 Å². The maximum atomic E-state index is 13.5. The van der Waals surface area contributed by atoms with Crippen LogP contribution >= 0.6 is 0 Å². The molecule has 286 valence electrons. The maximum absolute atomic E-state index is 13.5. The molecule has 0 spiro atoms. The summed E-state index contributed by atoms with van der Waals surface area (Å²) in [5, 5.41) is 24.0. The predicted molar refractivity (Wildman–Crippen MR) is 208 cm³/mol. The minimum Gasteiger partial charge on any atom is -0.494 e. The molecule has 0 aliphatic rings. The van der Waals surface area contributed by atoms with Crippen molar-refractivity contribution in [2.24, 2.45) is 0 Å². The molecule has 0 aliphatic carbocycles. The molecule has 1 aromatic heterocycles. The lowest BCUT2D eigenvalue weighted by atomic mass is 9.86. The summed E-state index contributed by atoms with van der Waals surface area (Å²) in [6, 6.07) is 19.8. The molecular formula is C43H52N4O7. The molecule has 4 N–H and O–H groups in total. The third-order valence-electron chi connectivity index (χ3n) is 9.14. The monoisotopic (exact) mass is 736 g/mol. The number of ether oxygens (including phenoxy) is 1. The highest BCUT2D eigenvalue weighted by Gasteiger charge is 2.27. The molecule has 0 radical (unpaired) electrons. The summed E-state index contributed by atoms with van der Waals surface area (Å²) in [7, 11) is 0. The van der Waals surface area contributed by atoms with Gasteiger partial charge in [0.05, 0.1) is 6.61 Å². The van der Waals surface area contributed by atoms with E-state index in [-0.39, 0.29) is 31.1 Å². The zero-order valence-electron chi connectivity index (χ0n) is 31.6. The van der Waals surface area contributed by atoms with Crippen LogP contribution in [0.3, 0.4) is 0 Å². The molecule has 1 heterocycles. The molecule has 4 aromatic rings. The van der Waals surface area contributed by atoms with Crippen molar-refractivity contribution in [2.75, 3.05) is 6.61 Å². The van der Waals surface area contributed by atoms with Crippen molar-refractivity contribution in [3.63, 3.8) is 0 Å². The van der Waals surface area contributed by atoms with Crippen LogP contribution < -0.4 is 15.4 Å². The Kier molecular flexibility index (Phi) is 15.3. The van der Waals surface area contributed by atoms with E-state index in [0.717, 1.165) is 34.4 Å². The van der Waals surface area contributed by atoms with Crippen LogP contribution in [0.15, 0.2) is 85.2 Å². The first-order valence-electron chi connectivity index (χ1n) is 18.6. The lowest BCUT2D eigenvalue weighted by Crippen LogP contribution is -2.52. The van der Waals surface area contributed by atoms with E-state index in [4.69, 9.17) is 9.84 Å². The zero-order valence-corrected chi connectivity index (χ0v) is 31.6. The molecule has 0 bridgehead atoms. The standard InChI is InChI=1S/C43H52N4O7/c1-5-6-7-8-9-25-54-35-23-19-30(20-24-35)33-27-44-39(45-28-33)31-15-13-29(14-16-31)26-37(41(51)46-36(42(52)53)11-10-12-38(48)49)47-40(50)32-17-21-34(22-18-32)43(2,3)4/h13-24,27-28,36-37H,5-12,25-26H2,1-4H3,(H,46,51)(H,47,50)(H,48,49)(H,52,53)/t36?,37-/m0/s1. The van der Waals surface area contributed by atoms with Gasteiger partial charge in [0.2, 0.25) is 5.91 Å². The van der Waals surface area contributed by atoms with Gasteiger partial charge < -0.3 is 25.6 Å². The van der Waals surface area contributed by atoms with Gasteiger partial charge in [-0.15, -0.1) is 0 Å². The van der Waals surface area contributed by atoms with Gasteiger partial charge in [-0.05, 0) is 65.6 Å². The van der Waals surface area contributed by atoms with Crippen molar-refractivity contribution in [1.82, 2.24) is 20.6 Å². The number of carbonyl (C=O) groups is 4. The fraction of sp³-hybridized carbons (Fsp3) is 0.395. The lowest BCUT2D eigenvalue weighted by molar-refractivity contribution is -0.143. The van der Waals surface area contributed by atoms with Gasteiger partial charge in [0, 0.05) is 41.9 Å². The number of carboxylic acid groups (broad SMARTS) is 2. The Bertz CT molecular complexity index is 1820. The summed E-state index contributed by atoms with van der Waals surface area (Å²) < 4.78 is 5.89. The normalized spacial score (nSPS) is 12.4. The van der Waals surface area contributed by atoms with E-state index in [1.165, 1.54) is 25.7 Å². The molecule has 11 heteroatoms. The topological polar surface area (TPSA) is 168 Å². The first kappa shape index (κ1) is 41.2. The first-order chi connectivity index (χ1) is 25.8. The Labute approximate surface area is 317 Å². The predicted octanol–water partition coefficient (Wildman–Crippen LogP) is 7.62. The van der Waals surface area contributed by atoms with E-state index in [0.29, 0.717) is 23.6 Å². The largest absolute Gasteiger partial charge is 0.494 e. The van der Waals surface area contributed by atoms with Crippen molar-refractivity contribution in [3.05, 3.63) is 102 Å². The van der Waals surface area contributed by atoms with Crippen LogP contribution in [0.5, 0.6) is 5.75 Å². The third kappa shape index (κ3) is 12.8. The Morgan fingerprint density at radius 1 is 0.722 bits per heavy atom. The number of rotatable bonds is 20. The molecule has 3 aromatic carbocycles. The molecule has 2 amide bonds. The van der Waals surface area contributed by atoms with Gasteiger partial charge in [-0.25, -0.2) is 14.8 Å². The van der Waals surface area contributed by atoms with Crippen molar-refractivity contribution in [1.29, 1.82) is 0 Å². The number of nitrogens with one attached hydrogen (secondary N) is 2. The van der Waals surface area contributed by atoms with Crippen molar-refractivity contribution in [3.8, 4) is 28.3 Å². The van der Waals surface area contributed by atoms with Gasteiger partial charge in [-0.1, -0.05) is 102 Å². The highest BCUT2D eigenvalue weighted by atomic mass is 16.5. The number of unbranched alkanes of at least 4 members (excludes halogenated alkanes) is 4. The second-order valence-electron chi connectivity index (χ2n) is 14.5. The van der Waals surface area contributed by atoms with Gasteiger partial charge in [0.15, 0.2) is 5.82 Å². The van der Waals surface area contributed by atoms with Gasteiger partial charge >= 0.3 is 11.9 Å². The van der Waals surface area contributed by atoms with E-state index in [1.54, 1.807) is 36.7 Å². The van der Waals surface area contributed by atoms with Crippen molar-refractivity contribution < 1.29 is 34.1 Å². The van der Waals surface area contributed by atoms with Gasteiger partial charge in [-0.3, -0.25) is 14.4 Å². The number of amides is 2. The average Bonchev–Trinajstić information content (AvgIpc) is 3.15. The second-order valence-corrected chi connectivity index (χ2v) is 14.5. The highest BCUT2D eigenvalue weighted by Crippen LogP contribution is 2.25. The second kappa shape index (κ2) is 20.0. The van der Waals surface area contributed by atoms with Crippen LogP contribution in [0.4, 0.5) is 0 Å². The molecule has 4 rings (SSSR count). The van der Waals surface area contributed by atoms with E-state index in [9.17, 15) is 24.3 Å². The molecule has 0 saturated carbocycles. The summed E-state index contributed by atoms with van der Waals surface area (Å²) in [5.74, 6) is -2.18. The summed E-state index contributed by atoms with van der Waals surface area (Å²) in [6.07, 6.45) is 9.29. The minimum absolute atomic E-state index is 0.0643. The first-order valence-corrected chi connectivity index (χ1v) is 18.6. The van der Waals surface area contributed by atoms with Crippen LogP contribution in [-0.4, -0.2) is 62.6 Å². The van der Waals surface area contributed by atoms with E-state index in [1.807, 2.05) is 48.5 Å². The summed E-state index contributed by atoms with van der Waals surface area (Å²) >= 11 is 0. The van der Waals surface area contributed by atoms with Crippen LogP contribution in [-0.2, 0) is 26.2 Å². The number of benzene rings is 3. The Morgan fingerprint density at radius 2 is 1.35 bits per heavy atom. The van der Waals surface area contributed by atoms with Crippen molar-refractivity contribution >= 4 is 23.8 Å². The molecule has 2 atom stereocenters. The highest BCUT2D eigenvalue weighted by molar-refractivity contribution is 5.98. The Morgan fingerprint density at radius 3 is 1.94 bits per heavy atom. The van der Waals surface area contributed by atoms with Gasteiger partial charge in [0.1, 0.15) is 17.8 Å². The molecule has 1 unspecified atom stereocenters. The third-order valence-corrected chi connectivity index (χ3v) is 9.14. The molecule has 54 heavy (non-hydrogen) atoms. The molecule has 0 aliphatic heterocycles. The molecular weight excluding hydrogens is 684 g/mol. The number of aromatic nitrogens is 2. The smallest absolute Gasteiger partial charge is 0.326 e. The molecule has 0 saturated heterocycles. The lowest BCUT2D eigenvalue weighted by Gasteiger charge is -2.22. The fourth-order valence-electron chi connectivity index (χ4n) is 5.85. The van der Waals surface area contributed by atoms with Crippen LogP contribution in [0.2, 0.25) is 0 Å². The zero-order chi connectivity index (χ0) is 39.1. The van der Waals surface area contributed by atoms with E-state index >= 15 is 0 Å². The van der Waals surface area contributed by atoms with Crippen LogP contribution in [0, 0.1) is 0 Å². The Hall–Kier alpha value is -5.58. The maximum Gasteiger partial charge on any atom is 0.326 e. The average molecular weight is 737 g/mol. The quantitative estimate of drug-likeness (QED) is 0.0667. The van der Waals surface area contributed by atoms with E-state index in [2.05, 4.69) is 48.3 Å². The molecule has 11 nitrogen and oxygen atoms in total. The Balaban J connectivity index is 1.44. The van der Waals surface area contributed by atoms with Gasteiger partial charge in [-0.2, -0.15) is 0 Å². The summed E-state index contributed by atoms with van der Waals surface area (Å²) in [4.78, 5) is 58.9. The number of carbonyl (C=O) groups excluding carboxylic acids is 2. The number of carboxylic acids is 2. The van der Waals surface area contributed by atoms with Gasteiger partial charge in [0.25, 0.3) is 5.91 Å². The fourth-order valence-corrected chi connectivity index (χ4v) is 5.85. The van der Waals surface area contributed by atoms with E-state index < -0.39 is 35.8 Å². The minimum atomic E-state index is -1.32. The summed E-state index contributed by atoms with van der Waals surface area (Å²) in [5.41, 5.74) is 4.57.